The average Bonchev–Trinajstić information content (AvgIpc) is 1.55. The molecule has 135 heavy (non-hydrogen) atoms. The predicted octanol–water partition coefficient (Wildman–Crippen LogP) is 35.4. The normalized spacial score (nSPS) is 12.2. The number of benzene rings is 7. The molecule has 0 saturated heterocycles. The molecule has 0 atom stereocenters. The highest BCUT2D eigenvalue weighted by Crippen LogP contribution is 2.57. The number of carboxylic acid groups (broad SMARTS) is 1. The van der Waals surface area contributed by atoms with Crippen molar-refractivity contribution in [1.29, 1.82) is 0 Å². The average molecular weight is 1810 g/mol. The third-order valence-electron chi connectivity index (χ3n) is 27.6. The molecule has 0 amide bonds. The number of nitrogens with zero attached hydrogens (tertiary/aromatic N) is 3. The second-order valence-electron chi connectivity index (χ2n) is 38.1. The fourth-order valence-electron chi connectivity index (χ4n) is 19.9. The molecular weight excluding hydrogens is 1660 g/mol. The largest absolute Gasteiger partial charge is 0.493 e. The van der Waals surface area contributed by atoms with Gasteiger partial charge in [-0.2, -0.15) is 0 Å². The fraction of sp³-hybridized carbons (Fsp3) is 0.460. The summed E-state index contributed by atoms with van der Waals surface area (Å²) in [6.45, 7) is 20.5. The van der Waals surface area contributed by atoms with Gasteiger partial charge in [0.15, 0.2) is 0 Å². The first-order valence-electron chi connectivity index (χ1n) is 53.1. The number of hydrogen-bond acceptors (Lipinski definition) is 8. The molecule has 1 aliphatic carbocycles. The van der Waals surface area contributed by atoms with Crippen molar-refractivity contribution in [3.8, 4) is 80.1 Å². The van der Waals surface area contributed by atoms with E-state index >= 15 is 0 Å². The third kappa shape index (κ3) is 28.0. The molecule has 10 aromatic rings. The van der Waals surface area contributed by atoms with Crippen LogP contribution >= 0.6 is 0 Å². The topological polar surface area (TPSA) is 135 Å². The standard InChI is InChI=1S/C124H155N5O6/c1-9-17-25-33-37-45-87-132-115-53-49-54-116(133-88-46-38-34-26-18-10-2)121(115)119-111-81-77-107(125-111)103(74-63-95-57-66-97(67-58-95)123(130)131)108-78-82-112(126-108)120(122-117(134-89-47-39-35-27-19-11-3)55-50-56-118(122)135-90-48-40-36-28-20-12-4)114-84-80-110(128-114)104(109-79-83-113(119)127-109)75-65-96-64-73-101-102-76-72-100(92-106(102)124(105(101)91-96,85-43-31-23-15-7)86-44-32-24-16-8)129(98-68-59-93(60-69-98)51-41-29-21-13-5)99-70-61-94(62-71-99)52-42-30-22-14-6/h49-50,53-62,64,66-73,76-84,91-92,125,128H,9-48,51-52,85-90H2,1-8H3,(H,130,131). The molecule has 7 aromatic carbocycles. The van der Waals surface area contributed by atoms with E-state index in [0.717, 1.165) is 171 Å². The lowest BCUT2D eigenvalue weighted by molar-refractivity contribution is 0.0696. The van der Waals surface area contributed by atoms with E-state index in [-0.39, 0.29) is 11.0 Å². The molecule has 0 spiro atoms. The van der Waals surface area contributed by atoms with Gasteiger partial charge in [0, 0.05) is 55.8 Å². The molecular formula is C124H155N5O6. The highest BCUT2D eigenvalue weighted by Gasteiger charge is 2.43. The van der Waals surface area contributed by atoms with Gasteiger partial charge in [-0.1, -0.05) is 346 Å². The van der Waals surface area contributed by atoms with E-state index in [4.69, 9.17) is 28.9 Å². The van der Waals surface area contributed by atoms with Crippen molar-refractivity contribution in [3.05, 3.63) is 243 Å². The number of anilines is 3. The van der Waals surface area contributed by atoms with Gasteiger partial charge in [-0.3, -0.25) is 0 Å². The smallest absolute Gasteiger partial charge is 0.335 e. The van der Waals surface area contributed by atoms with Crippen LogP contribution < -0.4 is 23.8 Å². The molecule has 2 aliphatic heterocycles. The van der Waals surface area contributed by atoms with Crippen LogP contribution in [-0.2, 0) is 18.3 Å². The van der Waals surface area contributed by atoms with Gasteiger partial charge in [0.2, 0.25) is 0 Å². The molecule has 13 rings (SSSR count). The summed E-state index contributed by atoms with van der Waals surface area (Å²) in [6.07, 6.45) is 59.1. The predicted molar refractivity (Wildman–Crippen MR) is 571 cm³/mol. The molecule has 11 nitrogen and oxygen atoms in total. The van der Waals surface area contributed by atoms with E-state index in [1.54, 1.807) is 24.3 Å². The zero-order valence-electron chi connectivity index (χ0n) is 83.2. The number of aryl methyl sites for hydroxylation is 2. The number of nitrogens with one attached hydrogen (secondary N) is 2. The molecule has 3 N–H and O–H groups in total. The van der Waals surface area contributed by atoms with E-state index in [9.17, 15) is 9.90 Å². The van der Waals surface area contributed by atoms with Gasteiger partial charge in [0.1, 0.15) is 23.0 Å². The Morgan fingerprint density at radius 1 is 0.319 bits per heavy atom. The van der Waals surface area contributed by atoms with E-state index in [1.165, 1.54) is 217 Å². The summed E-state index contributed by atoms with van der Waals surface area (Å²) in [4.78, 5) is 34.6. The Kier molecular flexibility index (Phi) is 40.8. The number of carboxylic acids is 1. The van der Waals surface area contributed by atoms with Crippen LogP contribution in [0.2, 0.25) is 0 Å². The summed E-state index contributed by atoms with van der Waals surface area (Å²) in [5.74, 6) is 16.9. The maximum Gasteiger partial charge on any atom is 0.335 e. The quantitative estimate of drug-likeness (QED) is 0.0252. The van der Waals surface area contributed by atoms with E-state index in [2.05, 4.69) is 264 Å². The SMILES string of the molecule is CCCCCCCCOc1cccc(OCCCCCCCC)c1-c1c2nc(c(C#Cc3ccc4c(c3)C(CCCCCC)(CCCCCC)c3cc(N(c5ccc(CCCCCC)cc5)c5ccc(CCCCCC)cc5)ccc3-4)c3ccc([nH]3)c(-c3c(OCCCCCCCC)cccc3OCCCCCCCC)c3nc(c(C#Cc4ccc(C(=O)O)cc4)c4ccc1[nH]4)C=C3)C=C2. The van der Waals surface area contributed by atoms with Crippen LogP contribution in [-0.4, -0.2) is 57.4 Å². The molecule has 3 aromatic heterocycles. The van der Waals surface area contributed by atoms with Gasteiger partial charge < -0.3 is 38.9 Å². The monoisotopic (exact) mass is 1810 g/mol. The fourth-order valence-corrected chi connectivity index (χ4v) is 19.9. The lowest BCUT2D eigenvalue weighted by atomic mass is 9.70. The Morgan fingerprint density at radius 3 is 1.04 bits per heavy atom. The number of aromatic amines is 2. The summed E-state index contributed by atoms with van der Waals surface area (Å²) >= 11 is 0. The van der Waals surface area contributed by atoms with Crippen molar-refractivity contribution < 1.29 is 28.8 Å². The van der Waals surface area contributed by atoms with Crippen molar-refractivity contribution in [2.45, 2.75) is 343 Å². The first kappa shape index (κ1) is 101. The lowest BCUT2D eigenvalue weighted by Crippen LogP contribution is -2.26. The number of ether oxygens (including phenoxy) is 4. The van der Waals surface area contributed by atoms with Crippen LogP contribution in [0.4, 0.5) is 17.1 Å². The summed E-state index contributed by atoms with van der Waals surface area (Å²) in [7, 11) is 0. The van der Waals surface area contributed by atoms with Crippen molar-refractivity contribution in [2.24, 2.45) is 0 Å². The number of carbonyl (C=O) groups is 1. The minimum Gasteiger partial charge on any atom is -0.493 e. The van der Waals surface area contributed by atoms with Crippen LogP contribution in [0.5, 0.6) is 23.0 Å². The second kappa shape index (κ2) is 54.5. The molecule has 11 heteroatoms. The lowest BCUT2D eigenvalue weighted by Gasteiger charge is -2.34. The Balaban J connectivity index is 1.05. The van der Waals surface area contributed by atoms with Crippen LogP contribution in [0.1, 0.15) is 403 Å². The van der Waals surface area contributed by atoms with Crippen LogP contribution in [0, 0.1) is 23.7 Å². The Morgan fingerprint density at radius 2 is 0.644 bits per heavy atom. The first-order chi connectivity index (χ1) is 66.5. The number of H-pyrrole nitrogens is 2. The van der Waals surface area contributed by atoms with Crippen LogP contribution in [0.25, 0.3) is 79.8 Å². The third-order valence-corrected chi connectivity index (χ3v) is 27.6. The Bertz CT molecular complexity index is 5560. The van der Waals surface area contributed by atoms with Gasteiger partial charge >= 0.3 is 5.97 Å². The number of fused-ring (bicyclic) bond motifs is 11. The zero-order valence-corrected chi connectivity index (χ0v) is 83.2. The zero-order chi connectivity index (χ0) is 94.0. The van der Waals surface area contributed by atoms with Gasteiger partial charge in [-0.25, -0.2) is 14.8 Å². The van der Waals surface area contributed by atoms with Gasteiger partial charge in [-0.05, 0) is 243 Å². The number of aromatic carboxylic acids is 1. The number of unbranched alkanes of at least 4 members (excludes halogenated alkanes) is 32. The van der Waals surface area contributed by atoms with Crippen molar-refractivity contribution in [3.63, 3.8) is 0 Å². The van der Waals surface area contributed by atoms with E-state index in [0.29, 0.717) is 83.3 Å². The molecule has 8 bridgehead atoms. The maximum atomic E-state index is 12.3. The number of aromatic nitrogens is 4. The highest BCUT2D eigenvalue weighted by atomic mass is 16.5. The van der Waals surface area contributed by atoms with Crippen LogP contribution in [0.15, 0.2) is 170 Å². The maximum absolute atomic E-state index is 12.3. The molecule has 0 unspecified atom stereocenters. The van der Waals surface area contributed by atoms with Crippen molar-refractivity contribution in [1.82, 2.24) is 19.9 Å². The minimum atomic E-state index is -0.997. The first-order valence-corrected chi connectivity index (χ1v) is 53.1. The summed E-state index contributed by atoms with van der Waals surface area (Å²) in [5, 5.41) is 10.0. The van der Waals surface area contributed by atoms with Gasteiger partial charge in [-0.15, -0.1) is 0 Å². The summed E-state index contributed by atoms with van der Waals surface area (Å²) in [5.41, 5.74) is 23.7. The van der Waals surface area contributed by atoms with Gasteiger partial charge in [0.25, 0.3) is 0 Å². The Labute approximate surface area is 810 Å². The minimum absolute atomic E-state index is 0.188. The number of hydrogen-bond donors (Lipinski definition) is 3. The molecule has 5 heterocycles. The molecule has 0 saturated carbocycles. The summed E-state index contributed by atoms with van der Waals surface area (Å²) < 4.78 is 28.5. The molecule has 0 fully saturated rings. The van der Waals surface area contributed by atoms with Crippen molar-refractivity contribution in [2.75, 3.05) is 31.3 Å². The highest BCUT2D eigenvalue weighted by molar-refractivity contribution is 5.99. The number of rotatable bonds is 58. The molecule has 712 valence electrons. The second-order valence-corrected chi connectivity index (χ2v) is 38.1. The molecule has 0 radical (unpaired) electrons. The van der Waals surface area contributed by atoms with Gasteiger partial charge in [0.05, 0.1) is 88.1 Å². The molecule has 3 aliphatic rings. The Hall–Kier alpha value is -11.3. The van der Waals surface area contributed by atoms with E-state index in [1.807, 2.05) is 0 Å². The van der Waals surface area contributed by atoms with Crippen LogP contribution in [0.3, 0.4) is 0 Å². The van der Waals surface area contributed by atoms with E-state index < -0.39 is 5.97 Å². The van der Waals surface area contributed by atoms with Crippen molar-refractivity contribution >= 4 is 69.4 Å². The summed E-state index contributed by atoms with van der Waals surface area (Å²) in [6, 6.07) is 61.6.